The molecule has 0 aliphatic carbocycles. The quantitative estimate of drug-likeness (QED) is 0.825. The summed E-state index contributed by atoms with van der Waals surface area (Å²) >= 11 is 0. The van der Waals surface area contributed by atoms with Gasteiger partial charge in [-0.3, -0.25) is 0 Å². The second-order valence-corrected chi connectivity index (χ2v) is 4.79. The number of hydrogen-bond donors (Lipinski definition) is 0. The van der Waals surface area contributed by atoms with Crippen LogP contribution >= 0.6 is 0 Å². The van der Waals surface area contributed by atoms with Gasteiger partial charge in [0, 0.05) is 18.7 Å². The molecule has 0 unspecified atom stereocenters. The second kappa shape index (κ2) is 4.77. The fourth-order valence-corrected chi connectivity index (χ4v) is 2.45. The van der Waals surface area contributed by atoms with Crippen LogP contribution in [-0.4, -0.2) is 18.1 Å². The van der Waals surface area contributed by atoms with Crippen LogP contribution < -0.4 is 4.90 Å². The molecule has 4 nitrogen and oxygen atoms in total. The first kappa shape index (κ1) is 11.8. The molecule has 0 atom stereocenters. The van der Waals surface area contributed by atoms with Crippen molar-refractivity contribution in [3.63, 3.8) is 0 Å². The highest BCUT2D eigenvalue weighted by atomic mass is 16.4. The molecule has 0 amide bonds. The van der Waals surface area contributed by atoms with E-state index in [1.807, 2.05) is 31.2 Å². The van der Waals surface area contributed by atoms with Crippen LogP contribution in [0.5, 0.6) is 0 Å². The maximum atomic E-state index is 9.21. The normalized spacial score (nSPS) is 14.6. The van der Waals surface area contributed by atoms with E-state index in [2.05, 4.69) is 16.0 Å². The maximum Gasteiger partial charge on any atom is 0.235 e. The molecule has 4 heteroatoms. The van der Waals surface area contributed by atoms with Gasteiger partial charge < -0.3 is 9.32 Å². The molecule has 19 heavy (non-hydrogen) atoms. The van der Waals surface area contributed by atoms with Crippen LogP contribution in [0.25, 0.3) is 11.5 Å². The van der Waals surface area contributed by atoms with Gasteiger partial charge in [-0.15, -0.1) is 0 Å². The van der Waals surface area contributed by atoms with Crippen molar-refractivity contribution in [3.8, 4) is 17.5 Å². The Balaban J connectivity index is 2.05. The van der Waals surface area contributed by atoms with Gasteiger partial charge in [-0.2, -0.15) is 10.2 Å². The van der Waals surface area contributed by atoms with Crippen molar-refractivity contribution in [1.82, 2.24) is 4.98 Å². The molecule has 1 aliphatic heterocycles. The predicted molar refractivity (Wildman–Crippen MR) is 72.8 cm³/mol. The molecular weight excluding hydrogens is 238 g/mol. The summed E-state index contributed by atoms with van der Waals surface area (Å²) in [6.45, 7) is 3.90. The Labute approximate surface area is 112 Å². The van der Waals surface area contributed by atoms with Crippen molar-refractivity contribution in [1.29, 1.82) is 5.26 Å². The molecule has 2 heterocycles. The van der Waals surface area contributed by atoms with Gasteiger partial charge in [-0.1, -0.05) is 18.2 Å². The van der Waals surface area contributed by atoms with Crippen LogP contribution in [0.1, 0.15) is 24.1 Å². The number of nitrogens with zero attached hydrogens (tertiary/aromatic N) is 3. The zero-order valence-electron chi connectivity index (χ0n) is 10.9. The summed E-state index contributed by atoms with van der Waals surface area (Å²) in [5.41, 5.74) is 2.44. The number of nitriles is 1. The monoisotopic (exact) mass is 253 g/mol. The zero-order chi connectivity index (χ0) is 13.2. The molecular formula is C15H15N3O. The van der Waals surface area contributed by atoms with E-state index in [4.69, 9.17) is 4.42 Å². The SMILES string of the molecule is Cc1ccccc1-c1nc(C#N)c(N2CCCC2)o1. The third-order valence-corrected chi connectivity index (χ3v) is 3.48. The first-order chi connectivity index (χ1) is 9.29. The molecule has 96 valence electrons. The number of hydrogen-bond acceptors (Lipinski definition) is 4. The Morgan fingerprint density at radius 1 is 1.26 bits per heavy atom. The minimum atomic E-state index is 0.389. The average molecular weight is 253 g/mol. The highest BCUT2D eigenvalue weighted by Gasteiger charge is 2.23. The Morgan fingerprint density at radius 2 is 2.00 bits per heavy atom. The maximum absolute atomic E-state index is 9.21. The Bertz CT molecular complexity index is 633. The summed E-state index contributed by atoms with van der Waals surface area (Å²) in [6, 6.07) is 10.1. The summed E-state index contributed by atoms with van der Waals surface area (Å²) in [6.07, 6.45) is 2.29. The van der Waals surface area contributed by atoms with Crippen LogP contribution in [0.2, 0.25) is 0 Å². The summed E-state index contributed by atoms with van der Waals surface area (Å²) < 4.78 is 5.85. The molecule has 2 aromatic rings. The zero-order valence-corrected chi connectivity index (χ0v) is 10.9. The van der Waals surface area contributed by atoms with E-state index in [9.17, 15) is 5.26 Å². The molecule has 0 bridgehead atoms. The van der Waals surface area contributed by atoms with Crippen molar-refractivity contribution in [2.24, 2.45) is 0 Å². The molecule has 1 aromatic heterocycles. The Morgan fingerprint density at radius 3 is 2.68 bits per heavy atom. The van der Waals surface area contributed by atoms with Crippen molar-refractivity contribution in [2.45, 2.75) is 19.8 Å². The number of aromatic nitrogens is 1. The number of benzene rings is 1. The molecule has 0 saturated carbocycles. The van der Waals surface area contributed by atoms with E-state index in [0.29, 0.717) is 17.5 Å². The van der Waals surface area contributed by atoms with Gasteiger partial charge >= 0.3 is 0 Å². The van der Waals surface area contributed by atoms with E-state index in [1.54, 1.807) is 0 Å². The first-order valence-electron chi connectivity index (χ1n) is 6.51. The summed E-state index contributed by atoms with van der Waals surface area (Å²) in [7, 11) is 0. The molecule has 0 spiro atoms. The van der Waals surface area contributed by atoms with Crippen molar-refractivity contribution in [3.05, 3.63) is 35.5 Å². The lowest BCUT2D eigenvalue weighted by molar-refractivity contribution is 0.563. The van der Waals surface area contributed by atoms with Crippen LogP contribution in [0.15, 0.2) is 28.7 Å². The fourth-order valence-electron chi connectivity index (χ4n) is 2.45. The van der Waals surface area contributed by atoms with Gasteiger partial charge in [0.1, 0.15) is 6.07 Å². The molecule has 0 N–H and O–H groups in total. The standard InChI is InChI=1S/C15H15N3O/c1-11-6-2-3-7-12(11)14-17-13(10-16)15(19-14)18-8-4-5-9-18/h2-3,6-7H,4-5,8-9H2,1H3. The van der Waals surface area contributed by atoms with Crippen LogP contribution in [0.4, 0.5) is 5.88 Å². The highest BCUT2D eigenvalue weighted by Crippen LogP contribution is 2.31. The van der Waals surface area contributed by atoms with E-state index < -0.39 is 0 Å². The van der Waals surface area contributed by atoms with Gasteiger partial charge in [0.05, 0.1) is 0 Å². The predicted octanol–water partition coefficient (Wildman–Crippen LogP) is 3.12. The largest absolute Gasteiger partial charge is 0.419 e. The lowest BCUT2D eigenvalue weighted by Crippen LogP contribution is -2.17. The van der Waals surface area contributed by atoms with Gasteiger partial charge in [0.2, 0.25) is 17.5 Å². The van der Waals surface area contributed by atoms with E-state index in [1.165, 1.54) is 0 Å². The lowest BCUT2D eigenvalue weighted by atomic mass is 10.1. The topological polar surface area (TPSA) is 53.1 Å². The Hall–Kier alpha value is -2.28. The van der Waals surface area contributed by atoms with E-state index in [0.717, 1.165) is 37.1 Å². The van der Waals surface area contributed by atoms with E-state index in [-0.39, 0.29) is 0 Å². The smallest absolute Gasteiger partial charge is 0.235 e. The molecule has 1 saturated heterocycles. The molecule has 3 rings (SSSR count). The third-order valence-electron chi connectivity index (χ3n) is 3.48. The minimum Gasteiger partial charge on any atom is -0.419 e. The fraction of sp³-hybridized carbons (Fsp3) is 0.333. The van der Waals surface area contributed by atoms with Crippen molar-refractivity contribution >= 4 is 5.88 Å². The van der Waals surface area contributed by atoms with Gasteiger partial charge in [-0.05, 0) is 31.4 Å². The molecule has 1 fully saturated rings. The molecule has 0 radical (unpaired) electrons. The number of anilines is 1. The Kier molecular flexibility index (Phi) is 2.96. The second-order valence-electron chi connectivity index (χ2n) is 4.79. The van der Waals surface area contributed by atoms with Gasteiger partial charge in [0.25, 0.3) is 0 Å². The number of rotatable bonds is 2. The summed E-state index contributed by atoms with van der Waals surface area (Å²) in [4.78, 5) is 6.44. The van der Waals surface area contributed by atoms with Crippen LogP contribution in [0, 0.1) is 18.3 Å². The molecule has 1 aromatic carbocycles. The van der Waals surface area contributed by atoms with Crippen LogP contribution in [-0.2, 0) is 0 Å². The van der Waals surface area contributed by atoms with Gasteiger partial charge in [0.15, 0.2) is 0 Å². The lowest BCUT2D eigenvalue weighted by Gasteiger charge is -2.12. The highest BCUT2D eigenvalue weighted by molar-refractivity contribution is 5.62. The first-order valence-corrected chi connectivity index (χ1v) is 6.51. The van der Waals surface area contributed by atoms with Crippen molar-refractivity contribution < 1.29 is 4.42 Å². The summed E-state index contributed by atoms with van der Waals surface area (Å²) in [5.74, 6) is 1.16. The van der Waals surface area contributed by atoms with Gasteiger partial charge in [-0.25, -0.2) is 0 Å². The third kappa shape index (κ3) is 2.08. The molecule has 1 aliphatic rings. The minimum absolute atomic E-state index is 0.389. The summed E-state index contributed by atoms with van der Waals surface area (Å²) in [5, 5.41) is 9.21. The average Bonchev–Trinajstić information content (AvgIpc) is 3.08. The van der Waals surface area contributed by atoms with E-state index >= 15 is 0 Å². The van der Waals surface area contributed by atoms with Crippen LogP contribution in [0.3, 0.4) is 0 Å². The number of oxazole rings is 1. The van der Waals surface area contributed by atoms with Crippen molar-refractivity contribution in [2.75, 3.05) is 18.0 Å². The number of aryl methyl sites for hydroxylation is 1.